The van der Waals surface area contributed by atoms with Gasteiger partial charge in [-0.2, -0.15) is 0 Å². The lowest BCUT2D eigenvalue weighted by atomic mass is 9.94. The molecule has 0 bridgehead atoms. The molecule has 2 rings (SSSR count). The number of amides is 1. The summed E-state index contributed by atoms with van der Waals surface area (Å²) in [6.07, 6.45) is 8.23. The van der Waals surface area contributed by atoms with Crippen molar-refractivity contribution in [1.29, 1.82) is 0 Å². The van der Waals surface area contributed by atoms with Crippen molar-refractivity contribution in [2.24, 2.45) is 5.92 Å². The summed E-state index contributed by atoms with van der Waals surface area (Å²) in [6.45, 7) is 0.530. The number of halogens is 1. The Kier molecular flexibility index (Phi) is 4.68. The van der Waals surface area contributed by atoms with Crippen LogP contribution < -0.4 is 5.32 Å². The number of aromatic nitrogens is 1. The summed E-state index contributed by atoms with van der Waals surface area (Å²) in [4.78, 5) is 25.7. The molecule has 6 nitrogen and oxygen atoms in total. The van der Waals surface area contributed by atoms with Gasteiger partial charge in [-0.25, -0.2) is 4.98 Å². The molecule has 0 spiro atoms. The summed E-state index contributed by atoms with van der Waals surface area (Å²) < 4.78 is 0. The first-order chi connectivity index (χ1) is 9.58. The molecule has 0 saturated carbocycles. The molecule has 1 aliphatic carbocycles. The largest absolute Gasteiger partial charge is 0.352 e. The molecule has 20 heavy (non-hydrogen) atoms. The van der Waals surface area contributed by atoms with E-state index in [0.29, 0.717) is 12.5 Å². The number of rotatable bonds is 4. The van der Waals surface area contributed by atoms with Crippen LogP contribution in [0.15, 0.2) is 24.4 Å². The molecule has 0 aromatic carbocycles. The van der Waals surface area contributed by atoms with Gasteiger partial charge in [-0.15, -0.1) is 0 Å². The van der Waals surface area contributed by atoms with Gasteiger partial charge in [-0.1, -0.05) is 23.8 Å². The Bertz CT molecular complexity index is 560. The van der Waals surface area contributed by atoms with Crippen molar-refractivity contribution in [1.82, 2.24) is 10.3 Å². The fourth-order valence-electron chi connectivity index (χ4n) is 2.07. The lowest BCUT2D eigenvalue weighted by Gasteiger charge is -2.18. The van der Waals surface area contributed by atoms with Crippen LogP contribution >= 0.6 is 11.6 Å². The number of nitrogens with one attached hydrogen (secondary N) is 1. The minimum Gasteiger partial charge on any atom is -0.352 e. The lowest BCUT2D eigenvalue weighted by Crippen LogP contribution is -2.30. The van der Waals surface area contributed by atoms with E-state index in [9.17, 15) is 14.9 Å². The van der Waals surface area contributed by atoms with Crippen LogP contribution in [0, 0.1) is 16.0 Å². The van der Waals surface area contributed by atoms with Crippen LogP contribution in [-0.4, -0.2) is 22.4 Å². The maximum absolute atomic E-state index is 12.0. The van der Waals surface area contributed by atoms with Gasteiger partial charge < -0.3 is 5.32 Å². The van der Waals surface area contributed by atoms with Crippen molar-refractivity contribution in [3.05, 3.63) is 45.2 Å². The molecule has 1 heterocycles. The van der Waals surface area contributed by atoms with Gasteiger partial charge in [0.25, 0.3) is 11.6 Å². The van der Waals surface area contributed by atoms with E-state index in [1.807, 2.05) is 0 Å². The summed E-state index contributed by atoms with van der Waals surface area (Å²) in [6, 6.07) is 1.14. The second-order valence-electron chi connectivity index (χ2n) is 4.65. The number of hydrogen-bond acceptors (Lipinski definition) is 4. The Hall–Kier alpha value is -1.95. The average molecular weight is 296 g/mol. The Labute approximate surface area is 121 Å². The minimum absolute atomic E-state index is 0.0309. The van der Waals surface area contributed by atoms with Crippen LogP contribution in [0.4, 0.5) is 5.69 Å². The molecule has 0 aliphatic heterocycles. The van der Waals surface area contributed by atoms with Gasteiger partial charge in [0.15, 0.2) is 0 Å². The number of nitrogens with zero attached hydrogens (tertiary/aromatic N) is 2. The second kappa shape index (κ2) is 6.47. The van der Waals surface area contributed by atoms with Crippen LogP contribution in [0.2, 0.25) is 5.15 Å². The van der Waals surface area contributed by atoms with Gasteiger partial charge in [0, 0.05) is 12.6 Å². The van der Waals surface area contributed by atoms with Gasteiger partial charge in [-0.3, -0.25) is 14.9 Å². The van der Waals surface area contributed by atoms with Crippen LogP contribution in [0.1, 0.15) is 29.6 Å². The first kappa shape index (κ1) is 14.5. The molecule has 1 aromatic heterocycles. The highest BCUT2D eigenvalue weighted by atomic mass is 35.5. The molecule has 0 saturated heterocycles. The third-order valence-corrected chi connectivity index (χ3v) is 3.51. The number of pyridine rings is 1. The predicted molar refractivity (Wildman–Crippen MR) is 74.7 cm³/mol. The molecule has 1 N–H and O–H groups in total. The third kappa shape index (κ3) is 3.54. The Morgan fingerprint density at radius 2 is 2.35 bits per heavy atom. The molecule has 1 amide bonds. The van der Waals surface area contributed by atoms with Crippen molar-refractivity contribution in [3.63, 3.8) is 0 Å². The standard InChI is InChI=1S/C13H14ClN3O3/c14-12-11(6-10(8-15-12)17(19)20)13(18)16-7-9-4-2-1-3-5-9/h1-2,6,8-9H,3-5,7H2,(H,16,18). The third-order valence-electron chi connectivity index (χ3n) is 3.21. The second-order valence-corrected chi connectivity index (χ2v) is 5.01. The number of hydrogen-bond donors (Lipinski definition) is 1. The average Bonchev–Trinajstić information content (AvgIpc) is 2.46. The number of carbonyl (C=O) groups excluding carboxylic acids is 1. The Morgan fingerprint density at radius 3 is 3.00 bits per heavy atom. The van der Waals surface area contributed by atoms with E-state index in [1.54, 1.807) is 0 Å². The van der Waals surface area contributed by atoms with Crippen LogP contribution in [-0.2, 0) is 0 Å². The zero-order valence-corrected chi connectivity index (χ0v) is 11.5. The first-order valence-corrected chi connectivity index (χ1v) is 6.69. The maximum atomic E-state index is 12.0. The molecule has 1 aliphatic rings. The fourth-order valence-corrected chi connectivity index (χ4v) is 2.26. The van der Waals surface area contributed by atoms with Crippen LogP contribution in [0.3, 0.4) is 0 Å². The Morgan fingerprint density at radius 1 is 1.55 bits per heavy atom. The highest BCUT2D eigenvalue weighted by Gasteiger charge is 2.18. The monoisotopic (exact) mass is 295 g/mol. The summed E-state index contributed by atoms with van der Waals surface area (Å²) in [7, 11) is 0. The highest BCUT2D eigenvalue weighted by Crippen LogP contribution is 2.20. The van der Waals surface area contributed by atoms with Gasteiger partial charge in [-0.05, 0) is 25.2 Å². The van der Waals surface area contributed by atoms with E-state index >= 15 is 0 Å². The van der Waals surface area contributed by atoms with E-state index in [0.717, 1.165) is 31.5 Å². The molecule has 1 aromatic rings. The number of allylic oxidation sites excluding steroid dienone is 2. The van der Waals surface area contributed by atoms with Crippen molar-refractivity contribution in [2.45, 2.75) is 19.3 Å². The molecular formula is C13H14ClN3O3. The Balaban J connectivity index is 2.02. The zero-order chi connectivity index (χ0) is 14.5. The lowest BCUT2D eigenvalue weighted by molar-refractivity contribution is -0.385. The fraction of sp³-hybridized carbons (Fsp3) is 0.385. The van der Waals surface area contributed by atoms with Crippen molar-refractivity contribution in [2.75, 3.05) is 6.54 Å². The number of carbonyl (C=O) groups is 1. The van der Waals surface area contributed by atoms with E-state index < -0.39 is 10.8 Å². The SMILES string of the molecule is O=C(NCC1CC=CCC1)c1cc([N+](=O)[O-])cnc1Cl. The molecular weight excluding hydrogens is 282 g/mol. The zero-order valence-electron chi connectivity index (χ0n) is 10.7. The highest BCUT2D eigenvalue weighted by molar-refractivity contribution is 6.32. The quantitative estimate of drug-likeness (QED) is 0.400. The van der Waals surface area contributed by atoms with E-state index in [4.69, 9.17) is 11.6 Å². The molecule has 106 valence electrons. The molecule has 0 fully saturated rings. The summed E-state index contributed by atoms with van der Waals surface area (Å²) in [5.41, 5.74) is -0.215. The van der Waals surface area contributed by atoms with Crippen LogP contribution in [0.25, 0.3) is 0 Å². The normalized spacial score (nSPS) is 17.8. The molecule has 1 atom stereocenters. The van der Waals surface area contributed by atoms with Crippen molar-refractivity contribution < 1.29 is 9.72 Å². The molecule has 1 unspecified atom stereocenters. The summed E-state index contributed by atoms with van der Waals surface area (Å²) in [5.74, 6) is -0.0323. The van der Waals surface area contributed by atoms with Gasteiger partial charge in [0.1, 0.15) is 11.3 Å². The van der Waals surface area contributed by atoms with Gasteiger partial charge in [0.2, 0.25) is 0 Å². The predicted octanol–water partition coefficient (Wildman–Crippen LogP) is 2.73. The van der Waals surface area contributed by atoms with E-state index in [2.05, 4.69) is 22.5 Å². The smallest absolute Gasteiger partial charge is 0.288 e. The maximum Gasteiger partial charge on any atom is 0.288 e. The number of nitro groups is 1. The minimum atomic E-state index is -0.605. The van der Waals surface area contributed by atoms with E-state index in [-0.39, 0.29) is 16.4 Å². The van der Waals surface area contributed by atoms with Crippen LogP contribution in [0.5, 0.6) is 0 Å². The molecule has 0 radical (unpaired) electrons. The van der Waals surface area contributed by atoms with Crippen molar-refractivity contribution in [3.8, 4) is 0 Å². The molecule has 7 heteroatoms. The van der Waals surface area contributed by atoms with Crippen molar-refractivity contribution >= 4 is 23.2 Å². The summed E-state index contributed by atoms with van der Waals surface area (Å²) in [5, 5.41) is 13.4. The topological polar surface area (TPSA) is 85.1 Å². The van der Waals surface area contributed by atoms with Gasteiger partial charge in [0.05, 0.1) is 10.5 Å². The van der Waals surface area contributed by atoms with Gasteiger partial charge >= 0.3 is 0 Å². The first-order valence-electron chi connectivity index (χ1n) is 6.31. The van der Waals surface area contributed by atoms with E-state index in [1.165, 1.54) is 0 Å². The summed E-state index contributed by atoms with van der Waals surface area (Å²) >= 11 is 5.81.